The van der Waals surface area contributed by atoms with Crippen LogP contribution in [-0.2, 0) is 4.84 Å². The van der Waals surface area contributed by atoms with Crippen molar-refractivity contribution >= 4 is 0 Å². The number of hydroxylamine groups is 1. The zero-order valence-corrected chi connectivity index (χ0v) is 6.55. The Morgan fingerprint density at radius 2 is 2.30 bits per heavy atom. The van der Waals surface area contributed by atoms with Gasteiger partial charge in [0.25, 0.3) is 0 Å². The minimum Gasteiger partial charge on any atom is -0.356 e. The zero-order chi connectivity index (χ0) is 7.82. The monoisotopic (exact) mass is 142 g/mol. The number of hydrogen-bond donors (Lipinski definition) is 1. The van der Waals surface area contributed by atoms with Gasteiger partial charge in [-0.15, -0.1) is 5.48 Å². The molecule has 0 aromatic rings. The van der Waals surface area contributed by atoms with E-state index in [9.17, 15) is 0 Å². The second kappa shape index (κ2) is 6.40. The molecule has 0 unspecified atom stereocenters. The molecule has 0 spiro atoms. The predicted molar refractivity (Wildman–Crippen MR) is 41.1 cm³/mol. The van der Waals surface area contributed by atoms with Crippen LogP contribution in [0.4, 0.5) is 0 Å². The van der Waals surface area contributed by atoms with Crippen LogP contribution in [0, 0.1) is 12.5 Å². The lowest BCUT2D eigenvalue weighted by molar-refractivity contribution is 0.154. The van der Waals surface area contributed by atoms with Crippen molar-refractivity contribution in [3.63, 3.8) is 0 Å². The summed E-state index contributed by atoms with van der Waals surface area (Å²) in [7, 11) is 4.06. The van der Waals surface area contributed by atoms with Crippen molar-refractivity contribution in [2.75, 3.05) is 27.2 Å². The van der Waals surface area contributed by atoms with Crippen molar-refractivity contribution in [2.24, 2.45) is 0 Å². The molecule has 0 aromatic carbocycles. The molecule has 0 amide bonds. The van der Waals surface area contributed by atoms with Gasteiger partial charge in [0.2, 0.25) is 0 Å². The maximum absolute atomic E-state index is 4.83. The smallest absolute Gasteiger partial charge is 0.134 e. The maximum Gasteiger partial charge on any atom is 0.134 e. The third kappa shape index (κ3) is 7.28. The molecule has 3 nitrogen and oxygen atoms in total. The Morgan fingerprint density at radius 1 is 1.60 bits per heavy atom. The molecule has 58 valence electrons. The van der Waals surface area contributed by atoms with Gasteiger partial charge in [-0.3, -0.25) is 0 Å². The second-order valence-corrected chi connectivity index (χ2v) is 2.27. The summed E-state index contributed by atoms with van der Waals surface area (Å²) in [6, 6.07) is 0. The highest BCUT2D eigenvalue weighted by molar-refractivity contribution is 4.66. The highest BCUT2D eigenvalue weighted by atomic mass is 16.6. The van der Waals surface area contributed by atoms with E-state index in [4.69, 9.17) is 6.42 Å². The van der Waals surface area contributed by atoms with E-state index in [-0.39, 0.29) is 0 Å². The van der Waals surface area contributed by atoms with Crippen LogP contribution in [0.3, 0.4) is 0 Å². The van der Waals surface area contributed by atoms with Crippen LogP contribution in [0.1, 0.15) is 6.42 Å². The van der Waals surface area contributed by atoms with Crippen molar-refractivity contribution in [3.8, 4) is 12.5 Å². The fraction of sp³-hybridized carbons (Fsp3) is 0.714. The fourth-order valence-corrected chi connectivity index (χ4v) is 0.560. The van der Waals surface area contributed by atoms with E-state index in [1.165, 1.54) is 0 Å². The number of rotatable bonds is 5. The van der Waals surface area contributed by atoms with E-state index in [2.05, 4.69) is 15.2 Å². The third-order valence-electron chi connectivity index (χ3n) is 1.02. The Bertz CT molecular complexity index is 107. The molecule has 0 heterocycles. The van der Waals surface area contributed by atoms with Gasteiger partial charge in [0.15, 0.2) is 0 Å². The Morgan fingerprint density at radius 3 is 2.80 bits per heavy atom. The Kier molecular flexibility index (Phi) is 5.94. The van der Waals surface area contributed by atoms with Gasteiger partial charge >= 0.3 is 0 Å². The van der Waals surface area contributed by atoms with E-state index in [1.807, 2.05) is 20.2 Å². The minimum absolute atomic E-state index is 0.794. The highest BCUT2D eigenvalue weighted by Crippen LogP contribution is 1.79. The molecule has 1 N–H and O–H groups in total. The van der Waals surface area contributed by atoms with Crippen molar-refractivity contribution < 1.29 is 4.84 Å². The first kappa shape index (κ1) is 9.28. The Labute approximate surface area is 62.3 Å². The van der Waals surface area contributed by atoms with Gasteiger partial charge in [0, 0.05) is 6.54 Å². The number of nitrogens with one attached hydrogen (secondary N) is 1. The summed E-state index contributed by atoms with van der Waals surface area (Å²) in [5.74, 6) is 0. The lowest BCUT2D eigenvalue weighted by atomic mass is 10.4. The van der Waals surface area contributed by atoms with Gasteiger partial charge in [-0.1, -0.05) is 6.42 Å². The lowest BCUT2D eigenvalue weighted by Gasteiger charge is -2.07. The predicted octanol–water partition coefficient (Wildman–Crippen LogP) is 0.0500. The van der Waals surface area contributed by atoms with E-state index in [0.717, 1.165) is 19.5 Å². The molecule has 0 aliphatic rings. The molecule has 0 atom stereocenters. The standard InChI is InChI=1S/C7H14N2O/c1-4-10-8-6-5-7-9(2)3/h1,8H,5-7H2,2-3H3. The van der Waals surface area contributed by atoms with Gasteiger partial charge in [-0.25, -0.2) is 0 Å². The van der Waals surface area contributed by atoms with Crippen LogP contribution >= 0.6 is 0 Å². The minimum atomic E-state index is 0.794. The van der Waals surface area contributed by atoms with Gasteiger partial charge in [-0.2, -0.15) is 0 Å². The van der Waals surface area contributed by atoms with Crippen molar-refractivity contribution in [2.45, 2.75) is 6.42 Å². The first-order chi connectivity index (χ1) is 4.77. The zero-order valence-electron chi connectivity index (χ0n) is 6.55. The quantitative estimate of drug-likeness (QED) is 0.333. The van der Waals surface area contributed by atoms with E-state index in [1.54, 1.807) is 0 Å². The molecule has 0 aliphatic carbocycles. The summed E-state index contributed by atoms with van der Waals surface area (Å²) >= 11 is 0. The summed E-state index contributed by atoms with van der Waals surface area (Å²) in [4.78, 5) is 6.58. The van der Waals surface area contributed by atoms with E-state index >= 15 is 0 Å². The molecule has 0 saturated carbocycles. The highest BCUT2D eigenvalue weighted by Gasteiger charge is 1.88. The summed E-state index contributed by atoms with van der Waals surface area (Å²) in [5.41, 5.74) is 2.63. The lowest BCUT2D eigenvalue weighted by Crippen LogP contribution is -2.20. The Hall–Kier alpha value is -0.720. The first-order valence-electron chi connectivity index (χ1n) is 3.26. The van der Waals surface area contributed by atoms with Gasteiger partial charge in [0.1, 0.15) is 6.11 Å². The molecular formula is C7H14N2O. The molecule has 0 rings (SSSR count). The van der Waals surface area contributed by atoms with Gasteiger partial charge in [0.05, 0.1) is 0 Å². The maximum atomic E-state index is 4.83. The summed E-state index contributed by atoms with van der Waals surface area (Å²) in [5, 5.41) is 0. The van der Waals surface area contributed by atoms with Crippen LogP contribution in [0.5, 0.6) is 0 Å². The van der Waals surface area contributed by atoms with Gasteiger partial charge < -0.3 is 9.74 Å². The van der Waals surface area contributed by atoms with Crippen LogP contribution in [0.15, 0.2) is 0 Å². The number of terminal acetylenes is 1. The first-order valence-corrected chi connectivity index (χ1v) is 3.26. The third-order valence-corrected chi connectivity index (χ3v) is 1.02. The van der Waals surface area contributed by atoms with Crippen molar-refractivity contribution in [1.82, 2.24) is 10.4 Å². The molecule has 10 heavy (non-hydrogen) atoms. The average Bonchev–Trinajstić information content (AvgIpc) is 1.87. The van der Waals surface area contributed by atoms with Crippen LogP contribution < -0.4 is 5.48 Å². The van der Waals surface area contributed by atoms with Crippen LogP contribution in [0.25, 0.3) is 0 Å². The summed E-state index contributed by atoms with van der Waals surface area (Å²) < 4.78 is 0. The topological polar surface area (TPSA) is 24.5 Å². The van der Waals surface area contributed by atoms with E-state index in [0.29, 0.717) is 0 Å². The normalized spacial score (nSPS) is 9.40. The van der Waals surface area contributed by atoms with Crippen molar-refractivity contribution in [3.05, 3.63) is 0 Å². The largest absolute Gasteiger partial charge is 0.356 e. The number of hydrogen-bond acceptors (Lipinski definition) is 3. The molecule has 0 aliphatic heterocycles. The molecule has 0 radical (unpaired) electrons. The molecule has 0 bridgehead atoms. The fourth-order valence-electron chi connectivity index (χ4n) is 0.560. The summed E-state index contributed by atoms with van der Waals surface area (Å²) in [6.45, 7) is 1.84. The SMILES string of the molecule is C#CONCCCN(C)C. The Balaban J connectivity index is 2.86. The molecule has 0 fully saturated rings. The van der Waals surface area contributed by atoms with Crippen LogP contribution in [0.2, 0.25) is 0 Å². The second-order valence-electron chi connectivity index (χ2n) is 2.27. The van der Waals surface area contributed by atoms with Crippen molar-refractivity contribution in [1.29, 1.82) is 0 Å². The average molecular weight is 142 g/mol. The molecular weight excluding hydrogens is 128 g/mol. The van der Waals surface area contributed by atoms with Gasteiger partial charge in [-0.05, 0) is 27.1 Å². The van der Waals surface area contributed by atoms with E-state index < -0.39 is 0 Å². The van der Waals surface area contributed by atoms with Crippen LogP contribution in [-0.4, -0.2) is 32.1 Å². The molecule has 0 aromatic heterocycles. The number of nitrogens with zero attached hydrogens (tertiary/aromatic N) is 1. The molecule has 3 heteroatoms. The molecule has 0 saturated heterocycles. The summed E-state index contributed by atoms with van der Waals surface area (Å²) in [6.07, 6.45) is 7.89.